The molecule has 2 aromatic heterocycles. The molecule has 3 aromatic rings. The number of hydrogen-bond acceptors (Lipinski definition) is 11. The fourth-order valence-electron chi connectivity index (χ4n) is 4.26. The van der Waals surface area contributed by atoms with Crippen molar-refractivity contribution in [2.75, 3.05) is 54.9 Å². The van der Waals surface area contributed by atoms with E-state index in [-0.39, 0.29) is 12.5 Å². The van der Waals surface area contributed by atoms with Crippen LogP contribution in [0.2, 0.25) is 5.02 Å². The number of para-hydroxylation sites is 1. The van der Waals surface area contributed by atoms with E-state index in [1.807, 2.05) is 45.9 Å². The van der Waals surface area contributed by atoms with Gasteiger partial charge in [-0.1, -0.05) is 48.9 Å². The molecule has 228 valence electrons. The Kier molecular flexibility index (Phi) is 12.4. The molecule has 1 aromatic carbocycles. The van der Waals surface area contributed by atoms with Crippen LogP contribution >= 0.6 is 22.9 Å². The average molecular weight is 618 g/mol. The highest BCUT2D eigenvalue weighted by molar-refractivity contribution is 7.17. The number of nitrogens with two attached hydrogens (primary N) is 2. The number of aliphatic hydroxyl groups is 1. The Hall–Kier alpha value is -3.36. The van der Waals surface area contributed by atoms with Gasteiger partial charge in [-0.25, -0.2) is 15.0 Å². The summed E-state index contributed by atoms with van der Waals surface area (Å²) in [5, 5.41) is 16.2. The maximum atomic E-state index is 12.7. The summed E-state index contributed by atoms with van der Waals surface area (Å²) in [7, 11) is 0. The van der Waals surface area contributed by atoms with Crippen LogP contribution in [0.1, 0.15) is 41.3 Å². The topological polar surface area (TPSA) is 176 Å². The van der Waals surface area contributed by atoms with Crippen LogP contribution < -0.4 is 27.0 Å². The van der Waals surface area contributed by atoms with Gasteiger partial charge in [-0.3, -0.25) is 14.5 Å². The van der Waals surface area contributed by atoms with Gasteiger partial charge < -0.3 is 32.1 Å². The van der Waals surface area contributed by atoms with Crippen molar-refractivity contribution in [3.05, 3.63) is 51.7 Å². The van der Waals surface area contributed by atoms with Crippen LogP contribution in [0, 0.1) is 19.8 Å². The molecule has 1 aliphatic heterocycles. The first-order chi connectivity index (χ1) is 20.0. The third-order valence-corrected chi connectivity index (χ3v) is 7.68. The quantitative estimate of drug-likeness (QED) is 0.227. The van der Waals surface area contributed by atoms with Gasteiger partial charge in [0.25, 0.3) is 5.91 Å². The third kappa shape index (κ3) is 9.88. The number of β-amino-alcohol motifs (C(OH)–C–C–N with tert-alkyl or cyclic N) is 1. The van der Waals surface area contributed by atoms with Gasteiger partial charge in [0.15, 0.2) is 5.13 Å². The first-order valence-electron chi connectivity index (χ1n) is 13.7. The van der Waals surface area contributed by atoms with Gasteiger partial charge in [-0.05, 0) is 37.8 Å². The number of benzene rings is 1. The Labute approximate surface area is 255 Å². The molecule has 2 amide bonds. The number of carbonyl (C=O) groups is 2. The molecule has 0 radical (unpaired) electrons. The van der Waals surface area contributed by atoms with Crippen LogP contribution in [-0.2, 0) is 4.79 Å². The van der Waals surface area contributed by atoms with E-state index in [9.17, 15) is 9.59 Å². The lowest BCUT2D eigenvalue weighted by Crippen LogP contribution is -2.47. The van der Waals surface area contributed by atoms with Gasteiger partial charge in [-0.15, -0.1) is 0 Å². The Morgan fingerprint density at radius 2 is 1.88 bits per heavy atom. The van der Waals surface area contributed by atoms with Crippen molar-refractivity contribution in [3.63, 3.8) is 0 Å². The number of primary amides is 1. The zero-order chi connectivity index (χ0) is 30.8. The van der Waals surface area contributed by atoms with Gasteiger partial charge >= 0.3 is 0 Å². The molecule has 14 heteroatoms. The van der Waals surface area contributed by atoms with E-state index in [1.165, 1.54) is 17.5 Å². The number of piperazine rings is 1. The summed E-state index contributed by atoms with van der Waals surface area (Å²) in [4.78, 5) is 41.3. The molecule has 0 spiro atoms. The minimum Gasteiger partial charge on any atom is -0.395 e. The molecular formula is C28H40ClN9O3S. The van der Waals surface area contributed by atoms with E-state index in [0.29, 0.717) is 51.2 Å². The molecular weight excluding hydrogens is 578 g/mol. The van der Waals surface area contributed by atoms with E-state index < -0.39 is 11.9 Å². The number of hydrogen-bond donors (Lipinski definition) is 5. The standard InChI is InChI=1S/C22H26ClN7O2S.C6H14N2O/c1-14-4-3-5-16(23)20(14)28-21(32)17-13-24-22(33-17)27-18-12-19(26-15(2)25-18)30-8-6-29(7-9-30)10-11-31;1-4(2)3-5(7)6(8)9/h3-5,12-13,31H,6-11H2,1-2H3,(H,28,32)(H,24,25,26,27);4-5H,3,7H2,1-2H3,(H2,8,9)/t;5-/m.0/s1. The number of thiazole rings is 1. The summed E-state index contributed by atoms with van der Waals surface area (Å²) >= 11 is 7.46. The highest BCUT2D eigenvalue weighted by Crippen LogP contribution is 2.28. The molecule has 1 aliphatic rings. The number of aliphatic hydroxyl groups excluding tert-OH is 1. The molecule has 42 heavy (non-hydrogen) atoms. The molecule has 0 aliphatic carbocycles. The molecule has 0 bridgehead atoms. The Bertz CT molecular complexity index is 1330. The number of amides is 2. The number of rotatable bonds is 10. The van der Waals surface area contributed by atoms with Crippen LogP contribution in [0.15, 0.2) is 30.5 Å². The van der Waals surface area contributed by atoms with E-state index in [4.69, 9.17) is 28.2 Å². The number of aromatic nitrogens is 3. The SMILES string of the molecule is CC(C)C[C@H](N)C(N)=O.Cc1nc(Nc2ncc(C(=O)Nc3c(C)cccc3Cl)s2)cc(N2CCN(CCO)CC2)n1. The summed E-state index contributed by atoms with van der Waals surface area (Å²) in [6.07, 6.45) is 2.21. The fraction of sp³-hybridized carbons (Fsp3) is 0.464. The van der Waals surface area contributed by atoms with E-state index in [2.05, 4.69) is 35.4 Å². The van der Waals surface area contributed by atoms with Crippen molar-refractivity contribution in [1.82, 2.24) is 19.9 Å². The van der Waals surface area contributed by atoms with Gasteiger partial charge in [0.05, 0.1) is 29.6 Å². The van der Waals surface area contributed by atoms with Crippen LogP contribution in [0.3, 0.4) is 0 Å². The van der Waals surface area contributed by atoms with Crippen molar-refractivity contribution < 1.29 is 14.7 Å². The van der Waals surface area contributed by atoms with Crippen molar-refractivity contribution in [1.29, 1.82) is 0 Å². The van der Waals surface area contributed by atoms with E-state index >= 15 is 0 Å². The first-order valence-corrected chi connectivity index (χ1v) is 14.9. The molecule has 1 saturated heterocycles. The molecule has 3 heterocycles. The summed E-state index contributed by atoms with van der Waals surface area (Å²) < 4.78 is 0. The minimum atomic E-state index is -0.468. The number of halogens is 1. The van der Waals surface area contributed by atoms with Gasteiger partial charge in [0.1, 0.15) is 22.3 Å². The lowest BCUT2D eigenvalue weighted by Gasteiger charge is -2.35. The first kappa shape index (κ1) is 33.1. The lowest BCUT2D eigenvalue weighted by molar-refractivity contribution is -0.119. The molecule has 0 saturated carbocycles. The minimum absolute atomic E-state index is 0.173. The van der Waals surface area contributed by atoms with Crippen molar-refractivity contribution in [3.8, 4) is 0 Å². The van der Waals surface area contributed by atoms with Crippen LogP contribution in [-0.4, -0.2) is 82.1 Å². The predicted octanol–water partition coefficient (Wildman–Crippen LogP) is 3.16. The smallest absolute Gasteiger partial charge is 0.267 e. The fourth-order valence-corrected chi connectivity index (χ4v) is 5.24. The Morgan fingerprint density at radius 3 is 2.48 bits per heavy atom. The molecule has 4 rings (SSSR count). The van der Waals surface area contributed by atoms with Crippen LogP contribution in [0.25, 0.3) is 0 Å². The lowest BCUT2D eigenvalue weighted by atomic mass is 10.0. The third-order valence-electron chi connectivity index (χ3n) is 6.45. The summed E-state index contributed by atoms with van der Waals surface area (Å²) in [5.74, 6) is 1.88. The van der Waals surface area contributed by atoms with E-state index in [1.54, 1.807) is 6.07 Å². The summed E-state index contributed by atoms with van der Waals surface area (Å²) in [5.41, 5.74) is 11.8. The highest BCUT2D eigenvalue weighted by Gasteiger charge is 2.19. The molecule has 1 atom stereocenters. The number of carbonyl (C=O) groups excluding carboxylic acids is 2. The van der Waals surface area contributed by atoms with Crippen molar-refractivity contribution >= 4 is 57.2 Å². The monoisotopic (exact) mass is 617 g/mol. The number of anilines is 4. The summed E-state index contributed by atoms with van der Waals surface area (Å²) in [6.45, 7) is 12.0. The van der Waals surface area contributed by atoms with Crippen LogP contribution in [0.4, 0.5) is 22.5 Å². The number of nitrogens with zero attached hydrogens (tertiary/aromatic N) is 5. The summed E-state index contributed by atoms with van der Waals surface area (Å²) in [6, 6.07) is 6.90. The second-order valence-electron chi connectivity index (χ2n) is 10.4. The van der Waals surface area contributed by atoms with Gasteiger partial charge in [-0.2, -0.15) is 0 Å². The van der Waals surface area contributed by atoms with Crippen LogP contribution in [0.5, 0.6) is 0 Å². The molecule has 1 fully saturated rings. The maximum Gasteiger partial charge on any atom is 0.267 e. The molecule has 0 unspecified atom stereocenters. The Balaban J connectivity index is 0.000000467. The molecule has 12 nitrogen and oxygen atoms in total. The average Bonchev–Trinajstić information content (AvgIpc) is 3.39. The normalized spacial score (nSPS) is 14.2. The second-order valence-corrected chi connectivity index (χ2v) is 11.8. The maximum absolute atomic E-state index is 12.7. The Morgan fingerprint density at radius 1 is 1.17 bits per heavy atom. The van der Waals surface area contributed by atoms with Crippen molar-refractivity contribution in [2.45, 2.75) is 40.2 Å². The number of aryl methyl sites for hydroxylation is 2. The van der Waals surface area contributed by atoms with E-state index in [0.717, 1.165) is 37.6 Å². The van der Waals surface area contributed by atoms with Gasteiger partial charge in [0, 0.05) is 38.8 Å². The predicted molar refractivity (Wildman–Crippen MR) is 169 cm³/mol. The largest absolute Gasteiger partial charge is 0.395 e. The van der Waals surface area contributed by atoms with Gasteiger partial charge in [0.2, 0.25) is 5.91 Å². The zero-order valence-corrected chi connectivity index (χ0v) is 26.0. The second kappa shape index (κ2) is 15.8. The number of nitrogens with one attached hydrogen (secondary N) is 2. The zero-order valence-electron chi connectivity index (χ0n) is 24.4. The highest BCUT2D eigenvalue weighted by atomic mass is 35.5. The molecule has 7 N–H and O–H groups in total. The van der Waals surface area contributed by atoms with Crippen molar-refractivity contribution in [2.24, 2.45) is 17.4 Å².